The van der Waals surface area contributed by atoms with E-state index < -0.39 is 12.0 Å². The smallest absolute Gasteiger partial charge is 0.262 e. The van der Waals surface area contributed by atoms with Crippen LogP contribution in [0.1, 0.15) is 48.6 Å². The van der Waals surface area contributed by atoms with E-state index in [9.17, 15) is 9.18 Å². The summed E-state index contributed by atoms with van der Waals surface area (Å²) in [7, 11) is 0. The van der Waals surface area contributed by atoms with Crippen molar-refractivity contribution < 1.29 is 9.18 Å². The minimum absolute atomic E-state index is 0.167. The van der Waals surface area contributed by atoms with Crippen LogP contribution >= 0.6 is 11.6 Å². The van der Waals surface area contributed by atoms with Gasteiger partial charge in [0.1, 0.15) is 12.0 Å². The number of amides is 1. The normalized spacial score (nSPS) is 16.7. The Labute approximate surface area is 167 Å². The van der Waals surface area contributed by atoms with Crippen molar-refractivity contribution in [1.82, 2.24) is 10.2 Å². The highest BCUT2D eigenvalue weighted by molar-refractivity contribution is 6.34. The largest absolute Gasteiger partial charge is 0.360 e. The summed E-state index contributed by atoms with van der Waals surface area (Å²) >= 11 is 6.33. The lowest BCUT2D eigenvalue weighted by Gasteiger charge is -2.39. The lowest BCUT2D eigenvalue weighted by Crippen LogP contribution is -2.44. The summed E-state index contributed by atoms with van der Waals surface area (Å²) in [4.78, 5) is 15.0. The Morgan fingerprint density at radius 1 is 1.18 bits per heavy atom. The van der Waals surface area contributed by atoms with Crippen LogP contribution in [0.15, 0.2) is 48.7 Å². The molecule has 144 valence electrons. The van der Waals surface area contributed by atoms with Crippen LogP contribution in [0.25, 0.3) is 0 Å². The second kappa shape index (κ2) is 6.63. The highest BCUT2D eigenvalue weighted by Gasteiger charge is 2.38. The molecule has 2 N–H and O–H groups in total. The first-order valence-electron chi connectivity index (χ1n) is 8.95. The molecule has 7 heteroatoms. The standard InChI is InChI=1S/C21H20ClFN4O/c1-21(2,3)18-14(11-24-26-18)19-25-16-7-5-4-6-13(16)20(28)27(19)17-9-8-12(23)10-15(17)22/h4-11,19,25H,1-3H3,(H,24,26)/t19-/m1/s1. The Kier molecular flexibility index (Phi) is 4.38. The van der Waals surface area contributed by atoms with Gasteiger partial charge < -0.3 is 5.32 Å². The van der Waals surface area contributed by atoms with Gasteiger partial charge in [0.2, 0.25) is 0 Å². The third-order valence-corrected chi connectivity index (χ3v) is 5.11. The molecule has 28 heavy (non-hydrogen) atoms. The number of carbonyl (C=O) groups is 1. The molecule has 0 unspecified atom stereocenters. The van der Waals surface area contributed by atoms with Crippen LogP contribution < -0.4 is 10.2 Å². The average molecular weight is 399 g/mol. The summed E-state index contributed by atoms with van der Waals surface area (Å²) in [6.07, 6.45) is 1.17. The molecule has 0 spiro atoms. The number of nitrogens with one attached hydrogen (secondary N) is 2. The molecule has 1 atom stereocenters. The van der Waals surface area contributed by atoms with Gasteiger partial charge in [0, 0.05) is 22.4 Å². The van der Waals surface area contributed by atoms with Crippen LogP contribution in [-0.4, -0.2) is 16.1 Å². The molecule has 1 aromatic heterocycles. The molecule has 1 aliphatic rings. The van der Waals surface area contributed by atoms with E-state index in [1.54, 1.807) is 17.2 Å². The number of aromatic nitrogens is 2. The number of halogens is 2. The fraction of sp³-hybridized carbons (Fsp3) is 0.238. The molecular weight excluding hydrogens is 379 g/mol. The Balaban J connectivity index is 1.92. The molecule has 0 fully saturated rings. The van der Waals surface area contributed by atoms with E-state index in [1.807, 2.05) is 18.2 Å². The number of rotatable bonds is 2. The van der Waals surface area contributed by atoms with Gasteiger partial charge in [-0.05, 0) is 30.3 Å². The molecule has 0 radical (unpaired) electrons. The van der Waals surface area contributed by atoms with Gasteiger partial charge in [-0.2, -0.15) is 5.10 Å². The number of para-hydroxylation sites is 1. The minimum Gasteiger partial charge on any atom is -0.360 e. The first-order chi connectivity index (χ1) is 13.3. The maximum absolute atomic E-state index is 13.6. The van der Waals surface area contributed by atoms with E-state index in [1.165, 1.54) is 18.2 Å². The number of aromatic amines is 1. The highest BCUT2D eigenvalue weighted by atomic mass is 35.5. The molecule has 0 saturated carbocycles. The van der Waals surface area contributed by atoms with E-state index in [4.69, 9.17) is 11.6 Å². The predicted octanol–water partition coefficient (Wildman–Crippen LogP) is 5.27. The molecule has 2 heterocycles. The van der Waals surface area contributed by atoms with Crippen LogP contribution in [0.5, 0.6) is 0 Å². The zero-order chi connectivity index (χ0) is 20.1. The summed E-state index contributed by atoms with van der Waals surface area (Å²) in [5, 5.41) is 10.9. The van der Waals surface area contributed by atoms with E-state index in [0.29, 0.717) is 11.3 Å². The topological polar surface area (TPSA) is 61.0 Å². The number of benzene rings is 2. The molecule has 0 bridgehead atoms. The lowest BCUT2D eigenvalue weighted by molar-refractivity contribution is 0.0974. The van der Waals surface area contributed by atoms with Gasteiger partial charge in [0.25, 0.3) is 5.91 Å². The zero-order valence-electron chi connectivity index (χ0n) is 15.8. The van der Waals surface area contributed by atoms with Gasteiger partial charge in [0.15, 0.2) is 0 Å². The minimum atomic E-state index is -0.543. The number of fused-ring (bicyclic) bond motifs is 1. The molecule has 2 aromatic carbocycles. The number of hydrogen-bond acceptors (Lipinski definition) is 3. The van der Waals surface area contributed by atoms with Crippen molar-refractivity contribution in [2.24, 2.45) is 0 Å². The first kappa shape index (κ1) is 18.5. The average Bonchev–Trinajstić information content (AvgIpc) is 3.13. The summed E-state index contributed by atoms with van der Waals surface area (Å²) in [5.41, 5.74) is 3.21. The van der Waals surface area contributed by atoms with Crippen LogP contribution in [0, 0.1) is 5.82 Å². The van der Waals surface area contributed by atoms with Crippen molar-refractivity contribution in [2.75, 3.05) is 10.2 Å². The van der Waals surface area contributed by atoms with Crippen LogP contribution in [0.3, 0.4) is 0 Å². The van der Waals surface area contributed by atoms with Crippen LogP contribution in [0.2, 0.25) is 5.02 Å². The van der Waals surface area contributed by atoms with Gasteiger partial charge >= 0.3 is 0 Å². The molecule has 3 aromatic rings. The fourth-order valence-electron chi connectivity index (χ4n) is 3.50. The van der Waals surface area contributed by atoms with E-state index in [-0.39, 0.29) is 16.3 Å². The molecule has 0 saturated heterocycles. The van der Waals surface area contributed by atoms with Crippen molar-refractivity contribution in [3.63, 3.8) is 0 Å². The molecule has 1 aliphatic heterocycles. The van der Waals surface area contributed by atoms with Crippen molar-refractivity contribution in [1.29, 1.82) is 0 Å². The van der Waals surface area contributed by atoms with E-state index in [0.717, 1.165) is 16.9 Å². The number of hydrogen-bond donors (Lipinski definition) is 2. The van der Waals surface area contributed by atoms with Gasteiger partial charge in [0.05, 0.1) is 22.5 Å². The third-order valence-electron chi connectivity index (χ3n) is 4.81. The van der Waals surface area contributed by atoms with Crippen molar-refractivity contribution in [3.8, 4) is 0 Å². The maximum Gasteiger partial charge on any atom is 0.262 e. The van der Waals surface area contributed by atoms with E-state index in [2.05, 4.69) is 36.3 Å². The van der Waals surface area contributed by atoms with Gasteiger partial charge in [-0.1, -0.05) is 44.5 Å². The summed E-state index contributed by atoms with van der Waals surface area (Å²) in [6.45, 7) is 6.20. The Morgan fingerprint density at radius 2 is 1.93 bits per heavy atom. The Hall–Kier alpha value is -2.86. The fourth-order valence-corrected chi connectivity index (χ4v) is 3.76. The molecule has 5 nitrogen and oxygen atoms in total. The Bertz CT molecular complexity index is 1060. The number of carbonyl (C=O) groups excluding carboxylic acids is 1. The quantitative estimate of drug-likeness (QED) is 0.618. The summed E-state index contributed by atoms with van der Waals surface area (Å²) in [6, 6.07) is 11.3. The number of anilines is 2. The molecular formula is C21H20ClFN4O. The maximum atomic E-state index is 13.6. The zero-order valence-corrected chi connectivity index (χ0v) is 16.5. The van der Waals surface area contributed by atoms with E-state index >= 15 is 0 Å². The van der Waals surface area contributed by atoms with Crippen LogP contribution in [-0.2, 0) is 5.41 Å². The third kappa shape index (κ3) is 3.03. The molecule has 4 rings (SSSR count). The summed E-state index contributed by atoms with van der Waals surface area (Å²) < 4.78 is 13.6. The van der Waals surface area contributed by atoms with Crippen LogP contribution in [0.4, 0.5) is 15.8 Å². The monoisotopic (exact) mass is 398 g/mol. The van der Waals surface area contributed by atoms with Gasteiger partial charge in [-0.3, -0.25) is 14.8 Å². The van der Waals surface area contributed by atoms with Crippen molar-refractivity contribution in [3.05, 3.63) is 76.3 Å². The van der Waals surface area contributed by atoms with Gasteiger partial charge in [-0.25, -0.2) is 4.39 Å². The second-order valence-electron chi connectivity index (χ2n) is 7.81. The SMILES string of the molecule is CC(C)(C)c1[nH]ncc1[C@@H]1Nc2ccccc2C(=O)N1c1ccc(F)cc1Cl. The Morgan fingerprint density at radius 3 is 2.64 bits per heavy atom. The number of H-pyrrole nitrogens is 1. The molecule has 1 amide bonds. The first-order valence-corrected chi connectivity index (χ1v) is 9.33. The lowest BCUT2D eigenvalue weighted by atomic mass is 9.88. The highest BCUT2D eigenvalue weighted by Crippen LogP contribution is 2.41. The predicted molar refractivity (Wildman–Crippen MR) is 108 cm³/mol. The van der Waals surface area contributed by atoms with Gasteiger partial charge in [-0.15, -0.1) is 0 Å². The van der Waals surface area contributed by atoms with Crippen molar-refractivity contribution >= 4 is 28.9 Å². The molecule has 0 aliphatic carbocycles. The summed E-state index contributed by atoms with van der Waals surface area (Å²) in [5.74, 6) is -0.671. The second-order valence-corrected chi connectivity index (χ2v) is 8.22. The number of nitrogens with zero attached hydrogens (tertiary/aromatic N) is 2. The van der Waals surface area contributed by atoms with Crippen molar-refractivity contribution in [2.45, 2.75) is 32.4 Å².